The first-order valence-corrected chi connectivity index (χ1v) is 10.7. The molecule has 4 rings (SSSR count). The molecule has 1 saturated heterocycles. The van der Waals surface area contributed by atoms with E-state index in [2.05, 4.69) is 15.2 Å². The van der Waals surface area contributed by atoms with Crippen LogP contribution >= 0.6 is 0 Å². The molecule has 2 aromatic carbocycles. The number of ether oxygens (including phenoxy) is 1. The molecule has 1 atom stereocenters. The van der Waals surface area contributed by atoms with E-state index in [1.165, 1.54) is 19.2 Å². The molecule has 0 unspecified atom stereocenters. The number of H-pyrrole nitrogens is 1. The molecule has 1 amide bonds. The molecular weight excluding hydrogens is 411 g/mol. The Kier molecular flexibility index (Phi) is 6.14. The number of benzene rings is 2. The number of methoxy groups -OCH3 is 1. The number of hydrogen-bond acceptors (Lipinski definition) is 4. The fourth-order valence-corrected chi connectivity index (χ4v) is 4.24. The summed E-state index contributed by atoms with van der Waals surface area (Å²) in [6, 6.07) is 12.0. The van der Waals surface area contributed by atoms with E-state index in [0.29, 0.717) is 5.69 Å². The highest BCUT2D eigenvalue weighted by Crippen LogP contribution is 2.29. The van der Waals surface area contributed by atoms with Crippen LogP contribution in [0.25, 0.3) is 10.9 Å². The Balaban J connectivity index is 1.47. The highest BCUT2D eigenvalue weighted by atomic mass is 19.1. The quantitative estimate of drug-likeness (QED) is 0.533. The maximum atomic E-state index is 13.2. The Bertz CT molecular complexity index is 1130. The molecule has 0 radical (unpaired) electrons. The second-order valence-corrected chi connectivity index (χ2v) is 8.25. The van der Waals surface area contributed by atoms with E-state index in [-0.39, 0.29) is 23.5 Å². The number of piperazine rings is 1. The number of aromatic nitrogens is 1. The van der Waals surface area contributed by atoms with Gasteiger partial charge < -0.3 is 24.8 Å². The SMILES string of the molecule is COC(=O)c1[nH]c2ccc(C)cc2c1NC(=O)[C@H](C)[NH+]1CCN(c2ccc(F)cc2)CC1. The summed E-state index contributed by atoms with van der Waals surface area (Å²) in [5.74, 6) is -0.924. The van der Waals surface area contributed by atoms with E-state index in [1.54, 1.807) is 12.1 Å². The third-order valence-electron chi connectivity index (χ3n) is 6.19. The number of aromatic amines is 1. The van der Waals surface area contributed by atoms with Crippen molar-refractivity contribution in [3.05, 3.63) is 59.5 Å². The van der Waals surface area contributed by atoms with E-state index in [9.17, 15) is 14.0 Å². The fourth-order valence-electron chi connectivity index (χ4n) is 4.24. The number of hydrogen-bond donors (Lipinski definition) is 3. The third-order valence-corrected chi connectivity index (χ3v) is 6.19. The van der Waals surface area contributed by atoms with E-state index in [0.717, 1.165) is 53.2 Å². The van der Waals surface area contributed by atoms with Crippen LogP contribution in [0.5, 0.6) is 0 Å². The molecule has 0 aliphatic carbocycles. The molecule has 8 heteroatoms. The van der Waals surface area contributed by atoms with E-state index < -0.39 is 5.97 Å². The van der Waals surface area contributed by atoms with Gasteiger partial charge in [0.1, 0.15) is 11.5 Å². The zero-order valence-corrected chi connectivity index (χ0v) is 18.5. The number of anilines is 2. The second-order valence-electron chi connectivity index (χ2n) is 8.25. The minimum absolute atomic E-state index is 0.150. The Hall–Kier alpha value is -3.39. The van der Waals surface area contributed by atoms with Gasteiger partial charge in [0.15, 0.2) is 6.04 Å². The molecule has 3 N–H and O–H groups in total. The number of quaternary nitrogens is 1. The first-order chi connectivity index (χ1) is 15.4. The minimum Gasteiger partial charge on any atom is -0.464 e. The molecule has 32 heavy (non-hydrogen) atoms. The molecule has 168 valence electrons. The van der Waals surface area contributed by atoms with Crippen LogP contribution in [0.2, 0.25) is 0 Å². The monoisotopic (exact) mass is 439 g/mol. The minimum atomic E-state index is -0.526. The van der Waals surface area contributed by atoms with Crippen LogP contribution < -0.4 is 15.1 Å². The van der Waals surface area contributed by atoms with Crippen molar-refractivity contribution in [3.63, 3.8) is 0 Å². The van der Waals surface area contributed by atoms with Gasteiger partial charge in [-0.05, 0) is 50.2 Å². The molecule has 7 nitrogen and oxygen atoms in total. The number of nitrogens with one attached hydrogen (secondary N) is 3. The number of halogens is 1. The first-order valence-electron chi connectivity index (χ1n) is 10.7. The number of esters is 1. The van der Waals surface area contributed by atoms with Crippen LogP contribution in [0.15, 0.2) is 42.5 Å². The van der Waals surface area contributed by atoms with Gasteiger partial charge in [0.25, 0.3) is 5.91 Å². The number of fused-ring (bicyclic) bond motifs is 1. The van der Waals surface area contributed by atoms with Gasteiger partial charge in [-0.15, -0.1) is 0 Å². The maximum Gasteiger partial charge on any atom is 0.356 e. The third kappa shape index (κ3) is 4.31. The number of carbonyl (C=O) groups excluding carboxylic acids is 2. The lowest BCUT2D eigenvalue weighted by atomic mass is 10.1. The smallest absolute Gasteiger partial charge is 0.356 e. The molecule has 1 aromatic heterocycles. The zero-order valence-electron chi connectivity index (χ0n) is 18.5. The Morgan fingerprint density at radius 2 is 1.84 bits per heavy atom. The topological polar surface area (TPSA) is 78.9 Å². The lowest BCUT2D eigenvalue weighted by Gasteiger charge is -2.36. The molecule has 1 fully saturated rings. The normalized spacial score (nSPS) is 15.6. The molecule has 1 aliphatic heterocycles. The predicted molar refractivity (Wildman–Crippen MR) is 122 cm³/mol. The summed E-state index contributed by atoms with van der Waals surface area (Å²) in [4.78, 5) is 31.9. The lowest BCUT2D eigenvalue weighted by Crippen LogP contribution is -3.19. The molecule has 1 aliphatic rings. The molecular formula is C24H28FN4O3+. The summed E-state index contributed by atoms with van der Waals surface area (Å²) >= 11 is 0. The Morgan fingerprint density at radius 3 is 2.50 bits per heavy atom. The predicted octanol–water partition coefficient (Wildman–Crippen LogP) is 2.13. The van der Waals surface area contributed by atoms with Gasteiger partial charge in [-0.25, -0.2) is 9.18 Å². The van der Waals surface area contributed by atoms with Crippen LogP contribution in [0.3, 0.4) is 0 Å². The van der Waals surface area contributed by atoms with Gasteiger partial charge in [-0.3, -0.25) is 4.79 Å². The van der Waals surface area contributed by atoms with Crippen LogP contribution in [-0.2, 0) is 9.53 Å². The van der Waals surface area contributed by atoms with Crippen LogP contribution in [-0.4, -0.2) is 56.2 Å². The highest BCUT2D eigenvalue weighted by Gasteiger charge is 2.31. The van der Waals surface area contributed by atoms with Crippen molar-refractivity contribution in [1.29, 1.82) is 0 Å². The van der Waals surface area contributed by atoms with Crippen molar-refractivity contribution < 1.29 is 23.6 Å². The molecule has 0 bridgehead atoms. The number of aryl methyl sites for hydroxylation is 1. The van der Waals surface area contributed by atoms with E-state index in [1.807, 2.05) is 32.0 Å². The maximum absolute atomic E-state index is 13.2. The average molecular weight is 440 g/mol. The van der Waals surface area contributed by atoms with E-state index >= 15 is 0 Å². The fraction of sp³-hybridized carbons (Fsp3) is 0.333. The van der Waals surface area contributed by atoms with Crippen LogP contribution in [0.4, 0.5) is 15.8 Å². The average Bonchev–Trinajstić information content (AvgIpc) is 3.16. The standard InChI is InChI=1S/C24H27FN4O3/c1-15-4-9-20-19(14-15)21(22(26-20)24(31)32-3)27-23(30)16(2)28-10-12-29(13-11-28)18-7-5-17(25)6-8-18/h4-9,14,16,26H,10-13H2,1-3H3,(H,27,30)/p+1/t16-/m0/s1. The van der Waals surface area contributed by atoms with Gasteiger partial charge in [0.2, 0.25) is 0 Å². The van der Waals surface area contributed by atoms with Gasteiger partial charge in [0, 0.05) is 16.6 Å². The Labute approximate surface area is 186 Å². The molecule has 2 heterocycles. The van der Waals surface area contributed by atoms with Crippen LogP contribution in [0.1, 0.15) is 23.0 Å². The zero-order chi connectivity index (χ0) is 22.8. The second kappa shape index (κ2) is 9.00. The van der Waals surface area contributed by atoms with Crippen LogP contribution in [0, 0.1) is 12.7 Å². The van der Waals surface area contributed by atoms with Crippen molar-refractivity contribution in [2.45, 2.75) is 19.9 Å². The van der Waals surface area contributed by atoms with Gasteiger partial charge in [0.05, 0.1) is 39.0 Å². The van der Waals surface area contributed by atoms with Crippen molar-refractivity contribution >= 4 is 34.2 Å². The van der Waals surface area contributed by atoms with Gasteiger partial charge in [-0.2, -0.15) is 0 Å². The van der Waals surface area contributed by atoms with Gasteiger partial charge in [-0.1, -0.05) is 11.6 Å². The number of rotatable bonds is 5. The summed E-state index contributed by atoms with van der Waals surface area (Å²) < 4.78 is 18.1. The van der Waals surface area contributed by atoms with Crippen molar-refractivity contribution in [2.75, 3.05) is 43.5 Å². The molecule has 0 saturated carbocycles. The lowest BCUT2D eigenvalue weighted by molar-refractivity contribution is -0.914. The van der Waals surface area contributed by atoms with Crippen molar-refractivity contribution in [1.82, 2.24) is 4.98 Å². The highest BCUT2D eigenvalue weighted by molar-refractivity contribution is 6.11. The van der Waals surface area contributed by atoms with Crippen molar-refractivity contribution in [3.8, 4) is 0 Å². The summed E-state index contributed by atoms with van der Waals surface area (Å²) in [6.45, 7) is 6.97. The van der Waals surface area contributed by atoms with E-state index in [4.69, 9.17) is 4.74 Å². The molecule has 0 spiro atoms. The summed E-state index contributed by atoms with van der Waals surface area (Å²) in [7, 11) is 1.32. The summed E-state index contributed by atoms with van der Waals surface area (Å²) in [6.07, 6.45) is 0. The number of nitrogens with zero attached hydrogens (tertiary/aromatic N) is 1. The summed E-state index contributed by atoms with van der Waals surface area (Å²) in [5.41, 5.74) is 3.47. The Morgan fingerprint density at radius 1 is 1.16 bits per heavy atom. The van der Waals surface area contributed by atoms with Gasteiger partial charge >= 0.3 is 5.97 Å². The van der Waals surface area contributed by atoms with Crippen molar-refractivity contribution in [2.24, 2.45) is 0 Å². The molecule has 3 aromatic rings. The number of amides is 1. The first kappa shape index (κ1) is 21.8. The number of carbonyl (C=O) groups is 2. The largest absolute Gasteiger partial charge is 0.464 e. The summed E-state index contributed by atoms with van der Waals surface area (Å²) in [5, 5.41) is 3.75.